The number of hydrogen-bond acceptors (Lipinski definition) is 3. The van der Waals surface area contributed by atoms with Crippen molar-refractivity contribution in [3.8, 4) is 0 Å². The number of nitrogens with zero attached hydrogens (tertiary/aromatic N) is 1. The molecule has 2 atom stereocenters. The molecule has 1 aliphatic heterocycles. The summed E-state index contributed by atoms with van der Waals surface area (Å²) in [7, 11) is 0. The van der Waals surface area contributed by atoms with Gasteiger partial charge in [0.1, 0.15) is 0 Å². The lowest BCUT2D eigenvalue weighted by molar-refractivity contribution is -0.126. The van der Waals surface area contributed by atoms with Gasteiger partial charge in [0.25, 0.3) is 0 Å². The standard InChI is InChI=1S/C13H27N3O.2ClH/c1-4-7-13(3,14)12(17)15-9-11-6-8-16(5-2)10-11;;/h11H,4-10,14H2,1-3H3,(H,15,17);2*1H. The Kier molecular flexibility index (Phi) is 11.0. The summed E-state index contributed by atoms with van der Waals surface area (Å²) in [5, 5.41) is 3.00. The molecule has 6 heteroatoms. The maximum absolute atomic E-state index is 11.9. The second-order valence-corrected chi connectivity index (χ2v) is 5.43. The van der Waals surface area contributed by atoms with Gasteiger partial charge in [-0.1, -0.05) is 20.3 Å². The molecule has 1 aliphatic rings. The predicted octanol–water partition coefficient (Wildman–Crippen LogP) is 1.81. The van der Waals surface area contributed by atoms with E-state index in [1.807, 2.05) is 6.92 Å². The van der Waals surface area contributed by atoms with Crippen molar-refractivity contribution < 1.29 is 4.79 Å². The molecular weight excluding hydrogens is 285 g/mol. The highest BCUT2D eigenvalue weighted by molar-refractivity contribution is 5.86. The second kappa shape index (κ2) is 9.81. The number of halogens is 2. The Morgan fingerprint density at radius 2 is 2.05 bits per heavy atom. The highest BCUT2D eigenvalue weighted by Crippen LogP contribution is 2.15. The lowest BCUT2D eigenvalue weighted by Gasteiger charge is -2.24. The topological polar surface area (TPSA) is 58.4 Å². The number of carbonyl (C=O) groups excluding carboxylic acids is 1. The quantitative estimate of drug-likeness (QED) is 0.786. The van der Waals surface area contributed by atoms with Gasteiger partial charge in [-0.2, -0.15) is 0 Å². The molecule has 1 amide bonds. The fraction of sp³-hybridized carbons (Fsp3) is 0.923. The zero-order valence-electron chi connectivity index (χ0n) is 12.3. The number of amides is 1. The molecule has 0 aliphatic carbocycles. The van der Waals surface area contributed by atoms with Crippen LogP contribution in [0.3, 0.4) is 0 Å². The van der Waals surface area contributed by atoms with Crippen molar-refractivity contribution in [1.29, 1.82) is 0 Å². The number of nitrogens with one attached hydrogen (secondary N) is 1. The SMILES string of the molecule is CCCC(C)(N)C(=O)NCC1CCN(CC)C1.Cl.Cl. The van der Waals surface area contributed by atoms with Crippen molar-refractivity contribution in [2.75, 3.05) is 26.2 Å². The van der Waals surface area contributed by atoms with E-state index in [1.165, 1.54) is 6.42 Å². The van der Waals surface area contributed by atoms with Crippen LogP contribution in [0.4, 0.5) is 0 Å². The van der Waals surface area contributed by atoms with E-state index in [0.717, 1.165) is 39.0 Å². The summed E-state index contributed by atoms with van der Waals surface area (Å²) in [5.74, 6) is 0.589. The van der Waals surface area contributed by atoms with E-state index in [1.54, 1.807) is 0 Å². The highest BCUT2D eigenvalue weighted by Gasteiger charge is 2.28. The first kappa shape index (κ1) is 21.3. The summed E-state index contributed by atoms with van der Waals surface area (Å²) in [6.45, 7) is 10.2. The van der Waals surface area contributed by atoms with Gasteiger partial charge >= 0.3 is 0 Å². The molecule has 2 unspecified atom stereocenters. The zero-order valence-corrected chi connectivity index (χ0v) is 13.9. The van der Waals surface area contributed by atoms with Crippen molar-refractivity contribution in [2.45, 2.75) is 45.6 Å². The minimum Gasteiger partial charge on any atom is -0.354 e. The van der Waals surface area contributed by atoms with Gasteiger partial charge in [0, 0.05) is 13.1 Å². The van der Waals surface area contributed by atoms with Crippen molar-refractivity contribution >= 4 is 30.7 Å². The van der Waals surface area contributed by atoms with Gasteiger partial charge in [-0.05, 0) is 38.8 Å². The second-order valence-electron chi connectivity index (χ2n) is 5.43. The molecule has 0 saturated carbocycles. The smallest absolute Gasteiger partial charge is 0.239 e. The van der Waals surface area contributed by atoms with Crippen LogP contribution in [0.2, 0.25) is 0 Å². The summed E-state index contributed by atoms with van der Waals surface area (Å²) in [6, 6.07) is 0. The summed E-state index contributed by atoms with van der Waals surface area (Å²) in [6.07, 6.45) is 2.86. The maximum atomic E-state index is 11.9. The number of rotatable bonds is 6. The largest absolute Gasteiger partial charge is 0.354 e. The molecule has 0 spiro atoms. The minimum atomic E-state index is -0.711. The first-order valence-electron chi connectivity index (χ1n) is 6.79. The van der Waals surface area contributed by atoms with E-state index in [9.17, 15) is 4.79 Å². The number of hydrogen-bond donors (Lipinski definition) is 2. The lowest BCUT2D eigenvalue weighted by Crippen LogP contribution is -2.52. The first-order valence-corrected chi connectivity index (χ1v) is 6.79. The molecule has 19 heavy (non-hydrogen) atoms. The normalized spacial score (nSPS) is 22.0. The Morgan fingerprint density at radius 1 is 1.42 bits per heavy atom. The fourth-order valence-electron chi connectivity index (χ4n) is 2.44. The molecule has 0 aromatic heterocycles. The molecule has 1 heterocycles. The summed E-state index contributed by atoms with van der Waals surface area (Å²) in [5.41, 5.74) is 5.28. The van der Waals surface area contributed by atoms with Gasteiger partial charge in [-0.15, -0.1) is 24.8 Å². The first-order chi connectivity index (χ1) is 7.99. The van der Waals surface area contributed by atoms with E-state index >= 15 is 0 Å². The predicted molar refractivity (Wildman–Crippen MR) is 85.2 cm³/mol. The van der Waals surface area contributed by atoms with Crippen LogP contribution in [0.25, 0.3) is 0 Å². The molecule has 3 N–H and O–H groups in total. The molecule has 0 bridgehead atoms. The van der Waals surface area contributed by atoms with Crippen molar-refractivity contribution in [3.63, 3.8) is 0 Å². The molecule has 4 nitrogen and oxygen atoms in total. The van der Waals surface area contributed by atoms with Crippen LogP contribution in [0.1, 0.15) is 40.0 Å². The Morgan fingerprint density at radius 3 is 2.53 bits per heavy atom. The van der Waals surface area contributed by atoms with Crippen LogP contribution < -0.4 is 11.1 Å². The monoisotopic (exact) mass is 313 g/mol. The third-order valence-corrected chi connectivity index (χ3v) is 3.66. The molecule has 0 aromatic rings. The third-order valence-electron chi connectivity index (χ3n) is 3.66. The summed E-state index contributed by atoms with van der Waals surface area (Å²) < 4.78 is 0. The van der Waals surface area contributed by atoms with E-state index in [2.05, 4.69) is 24.1 Å². The average Bonchev–Trinajstić information content (AvgIpc) is 2.73. The molecule has 1 fully saturated rings. The van der Waals surface area contributed by atoms with Crippen molar-refractivity contribution in [3.05, 3.63) is 0 Å². The minimum absolute atomic E-state index is 0. The number of likely N-dealkylation sites (tertiary alicyclic amines) is 1. The molecule has 0 aromatic carbocycles. The van der Waals surface area contributed by atoms with Gasteiger partial charge in [-0.25, -0.2) is 0 Å². The Labute approximate surface area is 129 Å². The number of carbonyl (C=O) groups is 1. The fourth-order valence-corrected chi connectivity index (χ4v) is 2.44. The van der Waals surface area contributed by atoms with Crippen LogP contribution in [-0.2, 0) is 4.79 Å². The van der Waals surface area contributed by atoms with Gasteiger partial charge in [-0.3, -0.25) is 4.79 Å². The zero-order chi connectivity index (χ0) is 12.9. The van der Waals surface area contributed by atoms with Gasteiger partial charge in [0.15, 0.2) is 0 Å². The van der Waals surface area contributed by atoms with Crippen LogP contribution in [0.15, 0.2) is 0 Å². The third kappa shape index (κ3) is 6.80. The molecule has 116 valence electrons. The Balaban J connectivity index is 0. The van der Waals surface area contributed by atoms with E-state index in [4.69, 9.17) is 5.73 Å². The van der Waals surface area contributed by atoms with E-state index in [0.29, 0.717) is 5.92 Å². The molecule has 1 saturated heterocycles. The highest BCUT2D eigenvalue weighted by atomic mass is 35.5. The van der Waals surface area contributed by atoms with Crippen LogP contribution in [-0.4, -0.2) is 42.5 Å². The van der Waals surface area contributed by atoms with Gasteiger partial charge in [0.05, 0.1) is 5.54 Å². The van der Waals surface area contributed by atoms with E-state index in [-0.39, 0.29) is 30.7 Å². The average molecular weight is 314 g/mol. The van der Waals surface area contributed by atoms with Crippen LogP contribution in [0.5, 0.6) is 0 Å². The van der Waals surface area contributed by atoms with Crippen LogP contribution >= 0.6 is 24.8 Å². The van der Waals surface area contributed by atoms with Gasteiger partial charge < -0.3 is 16.0 Å². The summed E-state index contributed by atoms with van der Waals surface area (Å²) in [4.78, 5) is 14.3. The summed E-state index contributed by atoms with van der Waals surface area (Å²) >= 11 is 0. The molecular formula is C13H29Cl2N3O. The molecule has 0 radical (unpaired) electrons. The Bertz CT molecular complexity index is 262. The number of nitrogens with two attached hydrogens (primary N) is 1. The van der Waals surface area contributed by atoms with Crippen molar-refractivity contribution in [2.24, 2.45) is 11.7 Å². The van der Waals surface area contributed by atoms with Crippen LogP contribution in [0, 0.1) is 5.92 Å². The van der Waals surface area contributed by atoms with Gasteiger partial charge in [0.2, 0.25) is 5.91 Å². The maximum Gasteiger partial charge on any atom is 0.239 e. The molecule has 1 rings (SSSR count). The lowest BCUT2D eigenvalue weighted by atomic mass is 9.96. The van der Waals surface area contributed by atoms with Crippen molar-refractivity contribution in [1.82, 2.24) is 10.2 Å². The Hall–Kier alpha value is -0.0300. The van der Waals surface area contributed by atoms with E-state index < -0.39 is 5.54 Å².